The fourth-order valence-electron chi connectivity index (χ4n) is 4.94. The lowest BCUT2D eigenvalue weighted by molar-refractivity contribution is 0.436. The minimum Gasteiger partial charge on any atom is -0.508 e. The van der Waals surface area contributed by atoms with Crippen LogP contribution in [-0.4, -0.2) is 15.3 Å². The third kappa shape index (κ3) is 5.29. The van der Waals surface area contributed by atoms with Gasteiger partial charge in [0.05, 0.1) is 0 Å². The van der Waals surface area contributed by atoms with Gasteiger partial charge in [0.1, 0.15) is 40.3 Å². The molecule has 5 aromatic rings. The van der Waals surface area contributed by atoms with E-state index in [0.29, 0.717) is 23.0 Å². The molecule has 0 aliphatic heterocycles. The number of allylic oxidation sites excluding steroid dienone is 3. The van der Waals surface area contributed by atoms with Crippen LogP contribution in [0.25, 0.3) is 10.8 Å². The minimum atomic E-state index is -0.227. The predicted molar refractivity (Wildman–Crippen MR) is 152 cm³/mol. The first kappa shape index (κ1) is 24.2. The van der Waals surface area contributed by atoms with Crippen LogP contribution in [0.2, 0.25) is 0 Å². The molecule has 39 heavy (non-hydrogen) atoms. The zero-order valence-corrected chi connectivity index (χ0v) is 20.9. The van der Waals surface area contributed by atoms with Crippen LogP contribution in [-0.2, 0) is 0 Å². The Morgan fingerprint density at radius 3 is 1.95 bits per heavy atom. The van der Waals surface area contributed by atoms with Gasteiger partial charge in [0.15, 0.2) is 0 Å². The number of benzene rings is 5. The van der Waals surface area contributed by atoms with E-state index in [-0.39, 0.29) is 29.1 Å². The number of rotatable bonds is 7. The number of hydrogen-bond acceptors (Lipinski definition) is 5. The largest absolute Gasteiger partial charge is 0.508 e. The van der Waals surface area contributed by atoms with Gasteiger partial charge in [-0.15, -0.1) is 0 Å². The van der Waals surface area contributed by atoms with Crippen LogP contribution in [0, 0.1) is 5.92 Å². The highest BCUT2D eigenvalue weighted by molar-refractivity contribution is 5.83. The summed E-state index contributed by atoms with van der Waals surface area (Å²) in [7, 11) is 0. The van der Waals surface area contributed by atoms with Crippen molar-refractivity contribution >= 4 is 10.8 Å². The fourth-order valence-corrected chi connectivity index (χ4v) is 4.94. The van der Waals surface area contributed by atoms with Gasteiger partial charge in [-0.25, -0.2) is 0 Å². The average molecular weight is 515 g/mol. The summed E-state index contributed by atoms with van der Waals surface area (Å²) < 4.78 is 12.1. The summed E-state index contributed by atoms with van der Waals surface area (Å²) in [5.74, 6) is 2.64. The molecule has 0 radical (unpaired) electrons. The summed E-state index contributed by atoms with van der Waals surface area (Å²) >= 11 is 0. The summed E-state index contributed by atoms with van der Waals surface area (Å²) in [6, 6.07) is 32.9. The molecule has 192 valence electrons. The van der Waals surface area contributed by atoms with Gasteiger partial charge in [-0.1, -0.05) is 48.5 Å². The molecule has 1 aliphatic rings. The van der Waals surface area contributed by atoms with E-state index in [9.17, 15) is 15.3 Å². The Morgan fingerprint density at radius 1 is 0.590 bits per heavy atom. The van der Waals surface area contributed by atoms with Gasteiger partial charge in [0.25, 0.3) is 0 Å². The Labute approximate surface area is 226 Å². The van der Waals surface area contributed by atoms with Crippen molar-refractivity contribution in [1.82, 2.24) is 0 Å². The molecule has 5 heteroatoms. The quantitative estimate of drug-likeness (QED) is 0.205. The fraction of sp³-hybridized carbons (Fsp3) is 0.0588. The van der Waals surface area contributed by atoms with E-state index in [1.165, 1.54) is 0 Å². The maximum Gasteiger partial charge on any atom is 0.127 e. The maximum atomic E-state index is 11.1. The summed E-state index contributed by atoms with van der Waals surface area (Å²) in [6.45, 7) is 0. The van der Waals surface area contributed by atoms with E-state index in [1.807, 2.05) is 30.4 Å². The average Bonchev–Trinajstić information content (AvgIpc) is 3.41. The van der Waals surface area contributed by atoms with Crippen molar-refractivity contribution in [2.45, 2.75) is 5.92 Å². The number of aromatic hydroxyl groups is 3. The lowest BCUT2D eigenvalue weighted by atomic mass is 9.80. The molecule has 0 fully saturated rings. The second-order valence-corrected chi connectivity index (χ2v) is 9.50. The summed E-state index contributed by atoms with van der Waals surface area (Å²) in [5, 5.41) is 32.5. The highest BCUT2D eigenvalue weighted by Gasteiger charge is 2.28. The van der Waals surface area contributed by atoms with E-state index in [1.54, 1.807) is 60.7 Å². The first-order valence-electron chi connectivity index (χ1n) is 12.7. The van der Waals surface area contributed by atoms with Gasteiger partial charge in [-0.05, 0) is 95.2 Å². The molecule has 2 atom stereocenters. The van der Waals surface area contributed by atoms with Gasteiger partial charge in [-0.2, -0.15) is 0 Å². The molecule has 0 amide bonds. The van der Waals surface area contributed by atoms with Gasteiger partial charge in [0.2, 0.25) is 0 Å². The number of fused-ring (bicyclic) bond motifs is 1. The molecule has 1 aliphatic carbocycles. The van der Waals surface area contributed by atoms with Crippen LogP contribution in [0.4, 0.5) is 0 Å². The van der Waals surface area contributed by atoms with Crippen LogP contribution < -0.4 is 9.47 Å². The number of ether oxygens (including phenoxy) is 2. The van der Waals surface area contributed by atoms with E-state index >= 15 is 0 Å². The molecule has 0 heterocycles. The first-order valence-corrected chi connectivity index (χ1v) is 12.7. The minimum absolute atomic E-state index is 0.104. The number of hydrogen-bond donors (Lipinski definition) is 3. The van der Waals surface area contributed by atoms with Gasteiger partial charge in [0, 0.05) is 17.4 Å². The van der Waals surface area contributed by atoms with E-state index < -0.39 is 0 Å². The van der Waals surface area contributed by atoms with Crippen molar-refractivity contribution < 1.29 is 24.8 Å². The standard InChI is InChI=1S/C34H26O5/c35-26-8-13-28(14-9-26)38-30-12-7-25(20-30)34(24-6-5-22-3-1-2-4-23(22)19-24)32-21-31(17-18-33(32)37)39-29-15-10-27(36)11-16-29/h1-21,25,34-37H. The molecular weight excluding hydrogens is 488 g/mol. The lowest BCUT2D eigenvalue weighted by Crippen LogP contribution is -2.11. The Hall–Kier alpha value is -5.16. The SMILES string of the molecule is Oc1ccc(OC2=CC(C(c3ccc4ccccc4c3)c3cc(Oc4ccc(O)cc4)ccc3O)C=C2)cc1. The molecule has 0 aromatic heterocycles. The molecule has 5 nitrogen and oxygen atoms in total. The molecule has 0 saturated heterocycles. The molecule has 0 spiro atoms. The van der Waals surface area contributed by atoms with Crippen LogP contribution in [0.5, 0.6) is 34.5 Å². The molecule has 5 aromatic carbocycles. The topological polar surface area (TPSA) is 79.2 Å². The highest BCUT2D eigenvalue weighted by atomic mass is 16.5. The van der Waals surface area contributed by atoms with E-state index in [4.69, 9.17) is 9.47 Å². The highest BCUT2D eigenvalue weighted by Crippen LogP contribution is 2.43. The van der Waals surface area contributed by atoms with Gasteiger partial charge >= 0.3 is 0 Å². The molecule has 6 rings (SSSR count). The Bertz CT molecular complexity index is 1680. The first-order chi connectivity index (χ1) is 19.0. The normalized spacial score (nSPS) is 15.2. The van der Waals surface area contributed by atoms with Crippen molar-refractivity contribution in [3.05, 3.63) is 144 Å². The van der Waals surface area contributed by atoms with Crippen molar-refractivity contribution in [2.75, 3.05) is 0 Å². The van der Waals surface area contributed by atoms with Crippen molar-refractivity contribution in [1.29, 1.82) is 0 Å². The second-order valence-electron chi connectivity index (χ2n) is 9.50. The zero-order chi connectivity index (χ0) is 26.8. The number of phenols is 3. The summed E-state index contributed by atoms with van der Waals surface area (Å²) in [4.78, 5) is 0. The van der Waals surface area contributed by atoms with Crippen LogP contribution in [0.1, 0.15) is 17.0 Å². The van der Waals surface area contributed by atoms with Gasteiger partial charge < -0.3 is 24.8 Å². The molecule has 0 saturated carbocycles. The summed E-state index contributed by atoms with van der Waals surface area (Å²) in [6.07, 6.45) is 6.04. The molecular formula is C34H26O5. The third-order valence-corrected chi connectivity index (χ3v) is 6.84. The van der Waals surface area contributed by atoms with E-state index in [0.717, 1.165) is 21.9 Å². The second kappa shape index (κ2) is 10.3. The van der Waals surface area contributed by atoms with Crippen LogP contribution in [0.15, 0.2) is 133 Å². The van der Waals surface area contributed by atoms with Crippen molar-refractivity contribution in [2.24, 2.45) is 5.92 Å². The predicted octanol–water partition coefficient (Wildman–Crippen LogP) is 8.03. The summed E-state index contributed by atoms with van der Waals surface area (Å²) in [5.41, 5.74) is 1.76. The zero-order valence-electron chi connectivity index (χ0n) is 20.9. The van der Waals surface area contributed by atoms with Crippen LogP contribution >= 0.6 is 0 Å². The van der Waals surface area contributed by atoms with Gasteiger partial charge in [-0.3, -0.25) is 0 Å². The Morgan fingerprint density at radius 2 is 1.23 bits per heavy atom. The van der Waals surface area contributed by atoms with Crippen molar-refractivity contribution in [3.63, 3.8) is 0 Å². The lowest BCUT2D eigenvalue weighted by Gasteiger charge is -2.24. The number of phenolic OH excluding ortho intramolecular Hbond substituents is 3. The molecule has 2 unspecified atom stereocenters. The molecule has 0 bridgehead atoms. The Kier molecular flexibility index (Phi) is 6.39. The smallest absolute Gasteiger partial charge is 0.127 e. The third-order valence-electron chi connectivity index (χ3n) is 6.84. The van der Waals surface area contributed by atoms with E-state index in [2.05, 4.69) is 36.4 Å². The monoisotopic (exact) mass is 514 g/mol. The maximum absolute atomic E-state index is 11.1. The van der Waals surface area contributed by atoms with Crippen molar-refractivity contribution in [3.8, 4) is 34.5 Å². The van der Waals surface area contributed by atoms with Crippen LogP contribution in [0.3, 0.4) is 0 Å². The molecule has 3 N–H and O–H groups in total. The Balaban J connectivity index is 1.39.